The highest BCUT2D eigenvalue weighted by Gasteiger charge is 2.15. The Kier molecular flexibility index (Phi) is 6.85. The Balaban J connectivity index is 2.94. The average molecular weight is 307 g/mol. The molecule has 0 bridgehead atoms. The molecule has 6 nitrogen and oxygen atoms in total. The zero-order chi connectivity index (χ0) is 16.7. The van der Waals surface area contributed by atoms with Crippen LogP contribution in [0.5, 0.6) is 0 Å². The van der Waals surface area contributed by atoms with Crippen molar-refractivity contribution in [2.45, 2.75) is 20.3 Å². The number of rotatable bonds is 6. The number of aliphatic hydroxyl groups excluding tert-OH is 1. The maximum absolute atomic E-state index is 12.3. The highest BCUT2D eigenvalue weighted by Crippen LogP contribution is 2.18. The first-order chi connectivity index (χ1) is 10.4. The Bertz CT molecular complexity index is 523. The van der Waals surface area contributed by atoms with Crippen molar-refractivity contribution in [2.75, 3.05) is 39.1 Å². The van der Waals surface area contributed by atoms with Gasteiger partial charge in [0.2, 0.25) is 0 Å². The number of aryl methyl sites for hydroxylation is 1. The van der Waals surface area contributed by atoms with Crippen molar-refractivity contribution in [3.63, 3.8) is 0 Å². The lowest BCUT2D eigenvalue weighted by Crippen LogP contribution is -2.37. The van der Waals surface area contributed by atoms with Crippen molar-refractivity contribution >= 4 is 17.6 Å². The normalized spacial score (nSPS) is 10.2. The van der Waals surface area contributed by atoms with E-state index in [9.17, 15) is 9.59 Å². The number of carbonyl (C=O) groups excluding carboxylic acids is 2. The van der Waals surface area contributed by atoms with Gasteiger partial charge < -0.3 is 20.2 Å². The van der Waals surface area contributed by atoms with Gasteiger partial charge >= 0.3 is 6.03 Å². The number of hydrogen-bond acceptors (Lipinski definition) is 3. The summed E-state index contributed by atoms with van der Waals surface area (Å²) in [6, 6.07) is 4.96. The molecule has 0 unspecified atom stereocenters. The molecule has 0 spiro atoms. The molecule has 122 valence electrons. The number of benzene rings is 1. The van der Waals surface area contributed by atoms with E-state index in [0.29, 0.717) is 17.8 Å². The van der Waals surface area contributed by atoms with Gasteiger partial charge in [-0.15, -0.1) is 0 Å². The molecule has 1 rings (SSSR count). The Morgan fingerprint density at radius 1 is 1.23 bits per heavy atom. The standard InChI is InChI=1S/C16H25N3O3/c1-5-8-19(9-10-20)16(22)17-14-11-13(7-6-12(14)2)15(21)18(3)4/h6-7,11,20H,5,8-10H2,1-4H3,(H,17,22). The topological polar surface area (TPSA) is 72.9 Å². The lowest BCUT2D eigenvalue weighted by Gasteiger charge is -2.22. The van der Waals surface area contributed by atoms with Gasteiger partial charge in [-0.05, 0) is 31.0 Å². The number of carbonyl (C=O) groups is 2. The molecule has 3 amide bonds. The Hall–Kier alpha value is -2.08. The van der Waals surface area contributed by atoms with Crippen molar-refractivity contribution in [1.82, 2.24) is 9.80 Å². The highest BCUT2D eigenvalue weighted by molar-refractivity contribution is 5.97. The smallest absolute Gasteiger partial charge is 0.321 e. The molecule has 0 radical (unpaired) electrons. The van der Waals surface area contributed by atoms with Crippen LogP contribution < -0.4 is 5.32 Å². The van der Waals surface area contributed by atoms with E-state index in [-0.39, 0.29) is 25.1 Å². The molecule has 0 fully saturated rings. The molecule has 22 heavy (non-hydrogen) atoms. The number of aliphatic hydroxyl groups is 1. The van der Waals surface area contributed by atoms with E-state index >= 15 is 0 Å². The molecule has 1 aromatic rings. The summed E-state index contributed by atoms with van der Waals surface area (Å²) in [5.74, 6) is -0.115. The summed E-state index contributed by atoms with van der Waals surface area (Å²) in [5.41, 5.74) is 2.01. The van der Waals surface area contributed by atoms with Crippen LogP contribution in [0.15, 0.2) is 18.2 Å². The Morgan fingerprint density at radius 3 is 2.45 bits per heavy atom. The lowest BCUT2D eigenvalue weighted by molar-refractivity contribution is 0.0827. The third kappa shape index (κ3) is 4.73. The van der Waals surface area contributed by atoms with Gasteiger partial charge in [-0.2, -0.15) is 0 Å². The molecular formula is C16H25N3O3. The monoisotopic (exact) mass is 307 g/mol. The second-order valence-electron chi connectivity index (χ2n) is 5.37. The van der Waals surface area contributed by atoms with Crippen LogP contribution in [0.3, 0.4) is 0 Å². The fourth-order valence-electron chi connectivity index (χ4n) is 2.05. The summed E-state index contributed by atoms with van der Waals surface area (Å²) < 4.78 is 0. The quantitative estimate of drug-likeness (QED) is 0.843. The average Bonchev–Trinajstić information content (AvgIpc) is 2.48. The van der Waals surface area contributed by atoms with Crippen LogP contribution in [-0.2, 0) is 0 Å². The lowest BCUT2D eigenvalue weighted by atomic mass is 10.1. The van der Waals surface area contributed by atoms with Crippen molar-refractivity contribution < 1.29 is 14.7 Å². The minimum atomic E-state index is -0.270. The summed E-state index contributed by atoms with van der Waals surface area (Å²) in [5, 5.41) is 11.9. The predicted molar refractivity (Wildman–Crippen MR) is 87.2 cm³/mol. The molecule has 0 aliphatic heterocycles. The molecular weight excluding hydrogens is 282 g/mol. The van der Waals surface area contributed by atoms with E-state index < -0.39 is 0 Å². The molecule has 0 aliphatic carbocycles. The van der Waals surface area contributed by atoms with E-state index in [1.165, 1.54) is 4.90 Å². The van der Waals surface area contributed by atoms with Crippen molar-refractivity contribution in [3.05, 3.63) is 29.3 Å². The minimum absolute atomic E-state index is 0.0778. The minimum Gasteiger partial charge on any atom is -0.395 e. The maximum atomic E-state index is 12.3. The molecule has 0 aromatic heterocycles. The van der Waals surface area contributed by atoms with E-state index in [1.807, 2.05) is 19.9 Å². The fourth-order valence-corrected chi connectivity index (χ4v) is 2.05. The van der Waals surface area contributed by atoms with E-state index in [1.54, 1.807) is 31.1 Å². The van der Waals surface area contributed by atoms with Gasteiger partial charge in [0, 0.05) is 38.4 Å². The van der Waals surface area contributed by atoms with Gasteiger partial charge in [0.15, 0.2) is 0 Å². The van der Waals surface area contributed by atoms with Gasteiger partial charge in [-0.25, -0.2) is 4.79 Å². The zero-order valence-electron chi connectivity index (χ0n) is 13.7. The summed E-state index contributed by atoms with van der Waals surface area (Å²) in [7, 11) is 3.37. The number of hydrogen-bond donors (Lipinski definition) is 2. The Labute approximate surface area is 131 Å². The fraction of sp³-hybridized carbons (Fsp3) is 0.500. The van der Waals surface area contributed by atoms with Crippen LogP contribution in [0, 0.1) is 6.92 Å². The highest BCUT2D eigenvalue weighted by atomic mass is 16.3. The van der Waals surface area contributed by atoms with E-state index in [4.69, 9.17) is 5.11 Å². The third-order valence-corrected chi connectivity index (χ3v) is 3.28. The van der Waals surface area contributed by atoms with Crippen LogP contribution in [0.25, 0.3) is 0 Å². The first kappa shape index (κ1) is 18.0. The summed E-state index contributed by atoms with van der Waals surface area (Å²) in [4.78, 5) is 27.3. The van der Waals surface area contributed by atoms with Gasteiger partial charge in [0.05, 0.1) is 6.61 Å². The number of nitrogens with zero attached hydrogens (tertiary/aromatic N) is 2. The van der Waals surface area contributed by atoms with Crippen LogP contribution in [0.2, 0.25) is 0 Å². The SMILES string of the molecule is CCCN(CCO)C(=O)Nc1cc(C(=O)N(C)C)ccc1C. The number of amides is 3. The molecule has 6 heteroatoms. The van der Waals surface area contributed by atoms with Gasteiger partial charge in [0.25, 0.3) is 5.91 Å². The van der Waals surface area contributed by atoms with Crippen molar-refractivity contribution in [2.24, 2.45) is 0 Å². The predicted octanol–water partition coefficient (Wildman–Crippen LogP) is 1.93. The van der Waals surface area contributed by atoms with Crippen molar-refractivity contribution in [1.29, 1.82) is 0 Å². The number of urea groups is 1. The number of anilines is 1. The molecule has 0 saturated carbocycles. The van der Waals surface area contributed by atoms with Gasteiger partial charge in [-0.3, -0.25) is 4.79 Å². The van der Waals surface area contributed by atoms with E-state index in [2.05, 4.69) is 5.32 Å². The number of nitrogens with one attached hydrogen (secondary N) is 1. The second kappa shape index (κ2) is 8.38. The third-order valence-electron chi connectivity index (χ3n) is 3.28. The summed E-state index contributed by atoms with van der Waals surface area (Å²) in [6.45, 7) is 4.62. The zero-order valence-corrected chi connectivity index (χ0v) is 13.7. The van der Waals surface area contributed by atoms with Gasteiger partial charge in [0.1, 0.15) is 0 Å². The molecule has 2 N–H and O–H groups in total. The first-order valence-electron chi connectivity index (χ1n) is 7.39. The van der Waals surface area contributed by atoms with Crippen LogP contribution in [0.4, 0.5) is 10.5 Å². The van der Waals surface area contributed by atoms with Crippen molar-refractivity contribution in [3.8, 4) is 0 Å². The van der Waals surface area contributed by atoms with Crippen LogP contribution >= 0.6 is 0 Å². The van der Waals surface area contributed by atoms with Crippen LogP contribution in [-0.4, -0.2) is 60.6 Å². The molecule has 0 heterocycles. The first-order valence-corrected chi connectivity index (χ1v) is 7.39. The summed E-state index contributed by atoms with van der Waals surface area (Å²) in [6.07, 6.45) is 0.811. The second-order valence-corrected chi connectivity index (χ2v) is 5.37. The summed E-state index contributed by atoms with van der Waals surface area (Å²) >= 11 is 0. The largest absolute Gasteiger partial charge is 0.395 e. The maximum Gasteiger partial charge on any atom is 0.321 e. The van der Waals surface area contributed by atoms with E-state index in [0.717, 1.165) is 12.0 Å². The van der Waals surface area contributed by atoms with Gasteiger partial charge in [-0.1, -0.05) is 13.0 Å². The molecule has 0 saturated heterocycles. The molecule has 0 atom stereocenters. The van der Waals surface area contributed by atoms with Crippen LogP contribution in [0.1, 0.15) is 29.3 Å². The molecule has 1 aromatic carbocycles. The molecule has 0 aliphatic rings. The Morgan fingerprint density at radius 2 is 1.91 bits per heavy atom.